The molecule has 0 amide bonds. The first-order chi connectivity index (χ1) is 1.00. The normalized spacial score (nSPS) is 1.25. The minimum atomic E-state index is 0. The molecule has 0 saturated carbocycles. The maximum absolute atomic E-state index is 2.01. The molecule has 0 aliphatic rings. The average Bonchev–Trinajstić information content (AvgIpc) is 1.00. The molecule has 0 atom stereocenters. The summed E-state index contributed by atoms with van der Waals surface area (Å²) in [6, 6.07) is 0. The van der Waals surface area contributed by atoms with E-state index in [1.165, 1.54) is 0 Å². The van der Waals surface area contributed by atoms with E-state index in [0.29, 0.717) is 0 Å². The molecule has 0 aliphatic carbocycles. The first-order valence-corrected chi connectivity index (χ1v) is 7.47. The van der Waals surface area contributed by atoms with Crippen LogP contribution >= 0.6 is 0 Å². The van der Waals surface area contributed by atoms with Gasteiger partial charge in [0.2, 0.25) is 0 Å². The third kappa shape index (κ3) is 8.82. The minimum absolute atomic E-state index is 0. The van der Waals surface area contributed by atoms with Crippen molar-refractivity contribution in [3.63, 3.8) is 0 Å². The first kappa shape index (κ1) is 15.9. The molecule has 0 fully saturated rings. The van der Waals surface area contributed by atoms with E-state index >= 15 is 0 Å². The fourth-order valence-electron chi connectivity index (χ4n) is 0. The first-order valence-electron chi connectivity index (χ1n) is 0.154. The van der Waals surface area contributed by atoms with Gasteiger partial charge in [0.25, 0.3) is 0 Å². The Hall–Kier alpha value is 2.65. The van der Waals surface area contributed by atoms with Crippen LogP contribution in [-0.2, 0) is 73.5 Å². The summed E-state index contributed by atoms with van der Waals surface area (Å²) in [6.07, 6.45) is 0. The zero-order valence-electron chi connectivity index (χ0n) is 1.73. The molecule has 4 heteroatoms. The summed E-state index contributed by atoms with van der Waals surface area (Å²) in [5.74, 6) is 0. The van der Waals surface area contributed by atoms with Crippen LogP contribution in [0.15, 0.2) is 0 Å². The van der Waals surface area contributed by atoms with Crippen molar-refractivity contribution in [1.82, 2.24) is 0 Å². The molecule has 0 rings (SSSR count). The Balaban J connectivity index is -0.00000000500. The van der Waals surface area contributed by atoms with Gasteiger partial charge in [-0.05, 0) is 0 Å². The Labute approximate surface area is 72.3 Å². The molecular weight excluding hydrogens is 381 g/mol. The summed E-state index contributed by atoms with van der Waals surface area (Å²) in [4.78, 5) is 0. The monoisotopic (exact) mass is 384 g/mol. The fourth-order valence-corrected chi connectivity index (χ4v) is 0. The van der Waals surface area contributed by atoms with Crippen LogP contribution in [0.25, 0.3) is 0 Å². The Morgan fingerprint density at radius 3 is 1.25 bits per heavy atom. The Morgan fingerprint density at radius 2 is 1.25 bits per heavy atom. The summed E-state index contributed by atoms with van der Waals surface area (Å²) in [6.45, 7) is 0. The molecule has 22 valence electrons. The molecule has 0 heterocycles. The second-order valence-electron chi connectivity index (χ2n) is 0. The second-order valence-corrected chi connectivity index (χ2v) is 0. The summed E-state index contributed by atoms with van der Waals surface area (Å²) >= 11 is 3.74. The predicted octanol–water partition coefficient (Wildman–Crippen LogP) is -0.0100. The van der Waals surface area contributed by atoms with Crippen LogP contribution in [0.4, 0.5) is 0 Å². The van der Waals surface area contributed by atoms with E-state index in [2.05, 4.69) is 0 Å². The zero-order chi connectivity index (χ0) is 2.00. The third-order valence-electron chi connectivity index (χ3n) is 0. The molecule has 0 aromatic rings. The van der Waals surface area contributed by atoms with Crippen LogP contribution in [0.3, 0.4) is 0 Å². The molecule has 0 saturated heterocycles. The van der Waals surface area contributed by atoms with Crippen molar-refractivity contribution in [3.8, 4) is 0 Å². The summed E-state index contributed by atoms with van der Waals surface area (Å²) in [5.41, 5.74) is 0. The molecule has 4 heavy (non-hydrogen) atoms. The molecule has 0 spiro atoms. The van der Waals surface area contributed by atoms with Gasteiger partial charge in [-0.15, -0.1) is 0 Å². The second kappa shape index (κ2) is 17.4. The van der Waals surface area contributed by atoms with Gasteiger partial charge in [-0.1, -0.05) is 0 Å². The van der Waals surface area contributed by atoms with Gasteiger partial charge in [0.05, 0.1) is 0 Å². The van der Waals surface area contributed by atoms with Crippen molar-refractivity contribution < 1.29 is 73.5 Å². The molecule has 0 aromatic heterocycles. The largest absolute Gasteiger partial charge is 0 e. The number of rotatable bonds is 0. The summed E-state index contributed by atoms with van der Waals surface area (Å²) in [5, 5.41) is 0. The van der Waals surface area contributed by atoms with Gasteiger partial charge >= 0.3 is 33.2 Å². The van der Waals surface area contributed by atoms with E-state index < -0.39 is 0 Å². The van der Waals surface area contributed by atoms with Gasteiger partial charge in [0.1, 0.15) is 0 Å². The van der Waals surface area contributed by atoms with Crippen molar-refractivity contribution >= 4 is 0 Å². The van der Waals surface area contributed by atoms with E-state index in [-0.39, 0.29) is 40.3 Å². The van der Waals surface area contributed by atoms with Crippen LogP contribution < -0.4 is 0 Å². The third-order valence-corrected chi connectivity index (χ3v) is 0. The standard InChI is InChI=1S/Mo.Re.Ti.V. The van der Waals surface area contributed by atoms with Gasteiger partial charge in [-0.3, -0.25) is 0 Å². The molecule has 1 radical (unpaired) electrons. The van der Waals surface area contributed by atoms with Crippen LogP contribution in [0.1, 0.15) is 0 Å². The van der Waals surface area contributed by atoms with Crippen LogP contribution in [0, 0.1) is 0 Å². The molecule has 0 unspecified atom stereocenters. The van der Waals surface area contributed by atoms with E-state index in [9.17, 15) is 0 Å². The Bertz CT molecular complexity index is 8.00. The maximum atomic E-state index is 2.01. The fraction of sp³-hybridized carbons (Fsp3) is 0. The topological polar surface area (TPSA) is 0 Å². The quantitative estimate of drug-likeness (QED) is 0.519. The van der Waals surface area contributed by atoms with Crippen molar-refractivity contribution in [2.75, 3.05) is 0 Å². The number of hydrogen-bond donors (Lipinski definition) is 0. The van der Waals surface area contributed by atoms with E-state index in [1.54, 1.807) is 16.3 Å². The zero-order valence-corrected chi connectivity index (χ0v) is 9.41. The molecule has 0 N–H and O–H groups in total. The van der Waals surface area contributed by atoms with Crippen molar-refractivity contribution in [3.05, 3.63) is 0 Å². The van der Waals surface area contributed by atoms with Gasteiger partial charge < -0.3 is 0 Å². The van der Waals surface area contributed by atoms with Gasteiger partial charge in [0.15, 0.2) is 0 Å². The van der Waals surface area contributed by atoms with E-state index in [4.69, 9.17) is 0 Å². The average molecular weight is 381 g/mol. The summed E-state index contributed by atoms with van der Waals surface area (Å²) < 4.78 is 0. The molecule has 0 nitrogen and oxygen atoms in total. The molecule has 0 bridgehead atoms. The Kier molecular flexibility index (Phi) is 69.3. The van der Waals surface area contributed by atoms with Crippen LogP contribution in [0.5, 0.6) is 0 Å². The maximum Gasteiger partial charge on any atom is 0 e. The van der Waals surface area contributed by atoms with Crippen LogP contribution in [-0.4, -0.2) is 0 Å². The SMILES string of the molecule is [Mo][Re].[Ti].[V]. The molecular formula is MoReTiV. The van der Waals surface area contributed by atoms with E-state index in [0.717, 1.165) is 0 Å². The van der Waals surface area contributed by atoms with Crippen molar-refractivity contribution in [2.45, 2.75) is 0 Å². The number of hydrogen-bond acceptors (Lipinski definition) is 0. The van der Waals surface area contributed by atoms with Crippen molar-refractivity contribution in [1.29, 1.82) is 0 Å². The smallest absolute Gasteiger partial charge is 0 e. The molecule has 0 aliphatic heterocycles. The van der Waals surface area contributed by atoms with E-state index in [1.807, 2.05) is 17.0 Å². The van der Waals surface area contributed by atoms with Crippen molar-refractivity contribution in [2.24, 2.45) is 0 Å². The molecule has 0 aromatic carbocycles. The summed E-state index contributed by atoms with van der Waals surface area (Å²) in [7, 11) is 0. The van der Waals surface area contributed by atoms with Gasteiger partial charge in [-0.25, -0.2) is 0 Å². The predicted molar refractivity (Wildman–Crippen MR) is 0 cm³/mol. The van der Waals surface area contributed by atoms with Gasteiger partial charge in [-0.2, -0.15) is 0 Å². The minimum Gasteiger partial charge on any atom is 0 e. The van der Waals surface area contributed by atoms with Crippen LogP contribution in [0.2, 0.25) is 0 Å². The Morgan fingerprint density at radius 1 is 1.25 bits per heavy atom. The van der Waals surface area contributed by atoms with Gasteiger partial charge in [0, 0.05) is 40.3 Å².